The molecule has 1 heterocycles. The van der Waals surface area contributed by atoms with Crippen LogP contribution in [0.2, 0.25) is 0 Å². The lowest BCUT2D eigenvalue weighted by atomic mass is 10.2. The van der Waals surface area contributed by atoms with E-state index in [9.17, 15) is 4.79 Å². The third-order valence-corrected chi connectivity index (χ3v) is 4.03. The second-order valence-electron chi connectivity index (χ2n) is 5.95. The highest BCUT2D eigenvalue weighted by molar-refractivity contribution is 7.80. The molecule has 0 aliphatic carbocycles. The van der Waals surface area contributed by atoms with Gasteiger partial charge in [-0.3, -0.25) is 9.78 Å². The van der Waals surface area contributed by atoms with Crippen molar-refractivity contribution in [3.63, 3.8) is 0 Å². The summed E-state index contributed by atoms with van der Waals surface area (Å²) in [5, 5.41) is 10.4. The summed E-state index contributed by atoms with van der Waals surface area (Å²) < 4.78 is 0. The number of benzene rings is 2. The molecule has 0 aliphatic rings. The van der Waals surface area contributed by atoms with Gasteiger partial charge >= 0.3 is 0 Å². The van der Waals surface area contributed by atoms with Gasteiger partial charge in [-0.2, -0.15) is 0 Å². The number of nitrogens with one attached hydrogen (secondary N) is 3. The second kappa shape index (κ2) is 8.91. The summed E-state index contributed by atoms with van der Waals surface area (Å²) in [7, 11) is 0. The molecule has 3 aromatic rings. The molecule has 1 atom stereocenters. The van der Waals surface area contributed by atoms with Crippen molar-refractivity contribution in [2.45, 2.75) is 13.1 Å². The number of para-hydroxylation sites is 1. The van der Waals surface area contributed by atoms with E-state index in [1.807, 2.05) is 67.6 Å². The highest BCUT2D eigenvalue weighted by Crippen LogP contribution is 2.20. The van der Waals surface area contributed by atoms with Gasteiger partial charge in [-0.25, -0.2) is 0 Å². The lowest BCUT2D eigenvalue weighted by Crippen LogP contribution is -2.46. The third-order valence-electron chi connectivity index (χ3n) is 3.81. The van der Waals surface area contributed by atoms with Crippen molar-refractivity contribution < 1.29 is 4.79 Å². The Morgan fingerprint density at radius 2 is 1.81 bits per heavy atom. The van der Waals surface area contributed by atoms with Crippen LogP contribution in [0, 0.1) is 0 Å². The molecule has 3 rings (SSSR count). The summed E-state index contributed by atoms with van der Waals surface area (Å²) in [6.07, 6.45) is 4.67. The van der Waals surface area contributed by atoms with Crippen molar-refractivity contribution in [1.29, 1.82) is 0 Å². The fourth-order valence-electron chi connectivity index (χ4n) is 2.59. The molecule has 5 nitrogen and oxygen atoms in total. The molecular formula is C21H20N4OS. The van der Waals surface area contributed by atoms with E-state index >= 15 is 0 Å². The summed E-state index contributed by atoms with van der Waals surface area (Å²) in [6, 6.07) is 19.4. The van der Waals surface area contributed by atoms with E-state index in [2.05, 4.69) is 20.9 Å². The Kier molecular flexibility index (Phi) is 6.12. The van der Waals surface area contributed by atoms with Crippen LogP contribution in [0.1, 0.15) is 12.5 Å². The Bertz CT molecular complexity index is 967. The molecular weight excluding hydrogens is 356 g/mol. The van der Waals surface area contributed by atoms with Gasteiger partial charge in [-0.1, -0.05) is 48.5 Å². The molecule has 0 fully saturated rings. The fraction of sp³-hybridized carbons (Fsp3) is 0.0952. The smallest absolute Gasteiger partial charge is 0.245 e. The topological polar surface area (TPSA) is 66.1 Å². The number of hydrogen-bond acceptors (Lipinski definition) is 3. The zero-order valence-electron chi connectivity index (χ0n) is 14.8. The lowest BCUT2D eigenvalue weighted by molar-refractivity contribution is -0.117. The average molecular weight is 376 g/mol. The molecule has 0 spiro atoms. The molecule has 27 heavy (non-hydrogen) atoms. The standard InChI is InChI=1S/C21H20N4OS/c1-15(23-19(26)13-12-16-7-3-2-4-8-16)24-21(27)25-18-11-5-9-17-10-6-14-22-20(17)18/h2-15H,1H3,(H,23,26)(H2,24,25,27)/b13-12+. The predicted molar refractivity (Wildman–Crippen MR) is 114 cm³/mol. The number of nitrogens with zero attached hydrogens (tertiary/aromatic N) is 1. The van der Waals surface area contributed by atoms with Crippen molar-refractivity contribution in [2.75, 3.05) is 5.32 Å². The normalized spacial score (nSPS) is 11.9. The van der Waals surface area contributed by atoms with Crippen LogP contribution in [-0.4, -0.2) is 22.2 Å². The first-order valence-electron chi connectivity index (χ1n) is 8.57. The first-order chi connectivity index (χ1) is 13.1. The van der Waals surface area contributed by atoms with Gasteiger partial charge in [-0.15, -0.1) is 0 Å². The zero-order valence-corrected chi connectivity index (χ0v) is 15.7. The number of aromatic nitrogens is 1. The fourth-order valence-corrected chi connectivity index (χ4v) is 2.88. The Balaban J connectivity index is 1.54. The van der Waals surface area contributed by atoms with Crippen LogP contribution in [0.15, 0.2) is 72.9 Å². The van der Waals surface area contributed by atoms with Crippen LogP contribution >= 0.6 is 12.2 Å². The molecule has 0 radical (unpaired) electrons. The largest absolute Gasteiger partial charge is 0.343 e. The minimum Gasteiger partial charge on any atom is -0.343 e. The molecule has 2 aromatic carbocycles. The Morgan fingerprint density at radius 3 is 2.63 bits per heavy atom. The van der Waals surface area contributed by atoms with Gasteiger partial charge in [0.1, 0.15) is 0 Å². The summed E-state index contributed by atoms with van der Waals surface area (Å²) in [5.41, 5.74) is 2.62. The first kappa shape index (κ1) is 18.5. The van der Waals surface area contributed by atoms with Gasteiger partial charge in [0.05, 0.1) is 17.4 Å². The zero-order chi connectivity index (χ0) is 19.1. The molecule has 0 saturated heterocycles. The summed E-state index contributed by atoms with van der Waals surface area (Å²) in [4.78, 5) is 16.4. The van der Waals surface area contributed by atoms with Gasteiger partial charge in [0, 0.05) is 17.7 Å². The van der Waals surface area contributed by atoms with Gasteiger partial charge in [0.2, 0.25) is 5.91 Å². The maximum absolute atomic E-state index is 12.0. The Labute approximate surface area is 163 Å². The van der Waals surface area contributed by atoms with Crippen molar-refractivity contribution in [3.8, 4) is 0 Å². The molecule has 6 heteroatoms. The van der Waals surface area contributed by atoms with E-state index in [0.29, 0.717) is 5.11 Å². The number of carbonyl (C=O) groups excluding carboxylic acids is 1. The Hall–Kier alpha value is -3.25. The van der Waals surface area contributed by atoms with Gasteiger partial charge in [0.15, 0.2) is 5.11 Å². The molecule has 1 unspecified atom stereocenters. The van der Waals surface area contributed by atoms with Crippen molar-refractivity contribution in [2.24, 2.45) is 0 Å². The minimum atomic E-state index is -0.333. The van der Waals surface area contributed by atoms with Gasteiger partial charge in [0.25, 0.3) is 0 Å². The highest BCUT2D eigenvalue weighted by Gasteiger charge is 2.08. The first-order valence-corrected chi connectivity index (χ1v) is 8.97. The van der Waals surface area contributed by atoms with E-state index in [1.165, 1.54) is 6.08 Å². The summed E-state index contributed by atoms with van der Waals surface area (Å²) >= 11 is 5.35. The number of carbonyl (C=O) groups is 1. The molecule has 0 saturated carbocycles. The number of pyridine rings is 1. The van der Waals surface area contributed by atoms with E-state index in [-0.39, 0.29) is 12.1 Å². The lowest BCUT2D eigenvalue weighted by Gasteiger charge is -2.18. The van der Waals surface area contributed by atoms with Crippen LogP contribution in [0.4, 0.5) is 5.69 Å². The molecule has 1 aromatic heterocycles. The van der Waals surface area contributed by atoms with Crippen LogP contribution in [-0.2, 0) is 4.79 Å². The van der Waals surface area contributed by atoms with Crippen LogP contribution in [0.25, 0.3) is 17.0 Å². The number of amides is 1. The van der Waals surface area contributed by atoms with E-state index in [1.54, 1.807) is 12.3 Å². The molecule has 0 aliphatic heterocycles. The van der Waals surface area contributed by atoms with E-state index in [4.69, 9.17) is 12.2 Å². The third kappa shape index (κ3) is 5.36. The monoisotopic (exact) mass is 376 g/mol. The minimum absolute atomic E-state index is 0.200. The number of anilines is 1. The molecule has 136 valence electrons. The van der Waals surface area contributed by atoms with Gasteiger partial charge in [-0.05, 0) is 42.9 Å². The number of thiocarbonyl (C=S) groups is 1. The predicted octanol–water partition coefficient (Wildman–Crippen LogP) is 3.70. The summed E-state index contributed by atoms with van der Waals surface area (Å²) in [6.45, 7) is 1.82. The SMILES string of the molecule is CC(NC(=O)/C=C/c1ccccc1)NC(=S)Nc1cccc2cccnc12. The van der Waals surface area contributed by atoms with Crippen LogP contribution in [0.5, 0.6) is 0 Å². The number of fused-ring (bicyclic) bond motifs is 1. The second-order valence-corrected chi connectivity index (χ2v) is 6.36. The molecule has 1 amide bonds. The quantitative estimate of drug-likeness (QED) is 0.360. The van der Waals surface area contributed by atoms with Crippen molar-refractivity contribution in [1.82, 2.24) is 15.6 Å². The van der Waals surface area contributed by atoms with Crippen LogP contribution < -0.4 is 16.0 Å². The van der Waals surface area contributed by atoms with Crippen LogP contribution in [0.3, 0.4) is 0 Å². The van der Waals surface area contributed by atoms with Gasteiger partial charge < -0.3 is 16.0 Å². The maximum Gasteiger partial charge on any atom is 0.245 e. The number of hydrogen-bond donors (Lipinski definition) is 3. The summed E-state index contributed by atoms with van der Waals surface area (Å²) in [5.74, 6) is -0.200. The average Bonchev–Trinajstić information content (AvgIpc) is 2.67. The highest BCUT2D eigenvalue weighted by atomic mass is 32.1. The Morgan fingerprint density at radius 1 is 1.04 bits per heavy atom. The maximum atomic E-state index is 12.0. The molecule has 3 N–H and O–H groups in total. The van der Waals surface area contributed by atoms with E-state index in [0.717, 1.165) is 22.2 Å². The van der Waals surface area contributed by atoms with E-state index < -0.39 is 0 Å². The number of rotatable bonds is 5. The van der Waals surface area contributed by atoms with Crippen molar-refractivity contribution >= 4 is 45.9 Å². The molecule has 0 bridgehead atoms. The van der Waals surface area contributed by atoms with Crippen molar-refractivity contribution in [3.05, 3.63) is 78.5 Å².